The Hall–Kier alpha value is -1.34. The van der Waals surface area contributed by atoms with E-state index in [1.165, 1.54) is 6.42 Å². The zero-order chi connectivity index (χ0) is 14.9. The smallest absolute Gasteiger partial charge is 0.173 e. The van der Waals surface area contributed by atoms with Crippen molar-refractivity contribution >= 4 is 21.7 Å². The second kappa shape index (κ2) is 5.81. The summed E-state index contributed by atoms with van der Waals surface area (Å²) in [5.41, 5.74) is 0.275. The quantitative estimate of drug-likeness (QED) is 0.782. The Bertz CT molecular complexity index is 599. The van der Waals surface area contributed by atoms with Crippen molar-refractivity contribution in [3.8, 4) is 11.8 Å². The van der Waals surface area contributed by atoms with Crippen molar-refractivity contribution in [1.29, 1.82) is 5.26 Å². The van der Waals surface area contributed by atoms with E-state index in [0.717, 1.165) is 30.2 Å². The third kappa shape index (κ3) is 2.60. The van der Waals surface area contributed by atoms with Crippen LogP contribution in [0.1, 0.15) is 55.3 Å². The number of ketones is 1. The molecule has 110 valence electrons. The average Bonchev–Trinajstić information content (AvgIpc) is 2.47. The van der Waals surface area contributed by atoms with Gasteiger partial charge in [-0.05, 0) is 50.3 Å². The topological polar surface area (TPSA) is 50.1 Å². The number of benzene rings is 1. The molecule has 4 heteroatoms. The summed E-state index contributed by atoms with van der Waals surface area (Å²) in [5, 5.41) is 8.89. The molecule has 1 aliphatic carbocycles. The van der Waals surface area contributed by atoms with Gasteiger partial charge in [-0.25, -0.2) is 0 Å². The van der Waals surface area contributed by atoms with Crippen LogP contribution in [0.15, 0.2) is 22.7 Å². The third-order valence-corrected chi connectivity index (χ3v) is 5.21. The summed E-state index contributed by atoms with van der Waals surface area (Å²) in [6.07, 6.45) is 6.24. The van der Waals surface area contributed by atoms with Crippen molar-refractivity contribution in [2.75, 3.05) is 0 Å². The molecule has 2 aliphatic rings. The molecule has 0 amide bonds. The number of nitriles is 1. The number of carbonyl (C=O) groups excluding carboxylic acids is 1. The van der Waals surface area contributed by atoms with Crippen molar-refractivity contribution in [3.05, 3.63) is 28.2 Å². The second-order valence-corrected chi connectivity index (χ2v) is 6.90. The maximum absolute atomic E-state index is 12.9. The van der Waals surface area contributed by atoms with Gasteiger partial charge in [0.25, 0.3) is 0 Å². The van der Waals surface area contributed by atoms with Crippen LogP contribution in [0.25, 0.3) is 0 Å². The molecule has 1 atom stereocenters. The molecule has 0 saturated heterocycles. The van der Waals surface area contributed by atoms with Crippen LogP contribution in [-0.4, -0.2) is 11.4 Å². The Labute approximate surface area is 133 Å². The summed E-state index contributed by atoms with van der Waals surface area (Å²) in [7, 11) is 0. The number of rotatable bonds is 2. The van der Waals surface area contributed by atoms with E-state index in [2.05, 4.69) is 22.0 Å². The predicted octanol–water partition coefficient (Wildman–Crippen LogP) is 4.65. The lowest BCUT2D eigenvalue weighted by atomic mass is 9.69. The number of halogens is 1. The lowest BCUT2D eigenvalue weighted by molar-refractivity contribution is -0.0279. The van der Waals surface area contributed by atoms with Crippen LogP contribution in [0.4, 0.5) is 0 Å². The van der Waals surface area contributed by atoms with Crippen molar-refractivity contribution in [1.82, 2.24) is 0 Å². The number of hydrogen-bond acceptors (Lipinski definition) is 3. The average molecular weight is 348 g/mol. The summed E-state index contributed by atoms with van der Waals surface area (Å²) >= 11 is 3.45. The van der Waals surface area contributed by atoms with E-state index >= 15 is 0 Å². The fourth-order valence-electron chi connectivity index (χ4n) is 3.70. The molecular formula is C17H18BrNO2. The number of nitrogens with zero attached hydrogens (tertiary/aromatic N) is 1. The Morgan fingerprint density at radius 1 is 1.33 bits per heavy atom. The normalized spacial score (nSPS) is 23.2. The lowest BCUT2D eigenvalue weighted by Gasteiger charge is -2.46. The summed E-state index contributed by atoms with van der Waals surface area (Å²) < 4.78 is 7.29. The molecular weight excluding hydrogens is 330 g/mol. The minimum absolute atomic E-state index is 0.154. The van der Waals surface area contributed by atoms with Crippen LogP contribution in [-0.2, 0) is 0 Å². The molecule has 1 aliphatic heterocycles. The summed E-state index contributed by atoms with van der Waals surface area (Å²) in [4.78, 5) is 12.9. The fourth-order valence-corrected chi connectivity index (χ4v) is 4.04. The second-order valence-electron chi connectivity index (χ2n) is 5.98. The number of Topliss-reactive ketones (excluding diaryl/α,β-unsaturated/α-hetero) is 1. The maximum Gasteiger partial charge on any atom is 0.173 e. The molecule has 1 saturated carbocycles. The van der Waals surface area contributed by atoms with E-state index in [0.29, 0.717) is 24.2 Å². The minimum atomic E-state index is -0.389. The first kappa shape index (κ1) is 14.6. The van der Waals surface area contributed by atoms with Gasteiger partial charge in [0.05, 0.1) is 17.6 Å². The highest BCUT2D eigenvalue weighted by atomic mass is 79.9. The SMILES string of the molecule is N#CCCC1C(=O)c2ccc(Br)cc2OC12CCCCC2. The zero-order valence-corrected chi connectivity index (χ0v) is 13.5. The minimum Gasteiger partial charge on any atom is -0.486 e. The molecule has 3 nitrogen and oxygen atoms in total. The number of fused-ring (bicyclic) bond motifs is 1. The van der Waals surface area contributed by atoms with Gasteiger partial charge in [0.15, 0.2) is 5.78 Å². The van der Waals surface area contributed by atoms with Crippen molar-refractivity contribution < 1.29 is 9.53 Å². The van der Waals surface area contributed by atoms with Crippen LogP contribution in [0.5, 0.6) is 5.75 Å². The molecule has 0 aromatic heterocycles. The van der Waals surface area contributed by atoms with E-state index in [9.17, 15) is 4.79 Å². The van der Waals surface area contributed by atoms with Crippen molar-refractivity contribution in [2.45, 2.75) is 50.5 Å². The molecule has 1 fully saturated rings. The predicted molar refractivity (Wildman–Crippen MR) is 83.3 cm³/mol. The third-order valence-electron chi connectivity index (χ3n) is 4.72. The molecule has 0 radical (unpaired) electrons. The molecule has 1 aromatic carbocycles. The van der Waals surface area contributed by atoms with Gasteiger partial charge in [-0.2, -0.15) is 5.26 Å². The molecule has 1 heterocycles. The summed E-state index contributed by atoms with van der Waals surface area (Å²) in [5.74, 6) is 0.677. The van der Waals surface area contributed by atoms with Gasteiger partial charge in [0, 0.05) is 10.9 Å². The van der Waals surface area contributed by atoms with E-state index in [4.69, 9.17) is 10.00 Å². The number of ether oxygens (including phenoxy) is 1. The number of hydrogen-bond donors (Lipinski definition) is 0. The standard InChI is InChI=1S/C17H18BrNO2/c18-12-6-7-13-15(11-12)21-17(8-2-1-3-9-17)14(16(13)20)5-4-10-19/h6-7,11,14H,1-5,8-9H2. The molecule has 0 bridgehead atoms. The molecule has 0 N–H and O–H groups in total. The largest absolute Gasteiger partial charge is 0.486 e. The first-order valence-electron chi connectivity index (χ1n) is 7.56. The maximum atomic E-state index is 12.9. The van der Waals surface area contributed by atoms with Crippen LogP contribution in [0, 0.1) is 17.2 Å². The molecule has 1 spiro atoms. The van der Waals surface area contributed by atoms with Gasteiger partial charge in [-0.1, -0.05) is 22.4 Å². The summed E-state index contributed by atoms with van der Waals surface area (Å²) in [6, 6.07) is 7.77. The van der Waals surface area contributed by atoms with E-state index < -0.39 is 0 Å². The lowest BCUT2D eigenvalue weighted by Crippen LogP contribution is -2.51. The van der Waals surface area contributed by atoms with Gasteiger partial charge < -0.3 is 4.74 Å². The van der Waals surface area contributed by atoms with Crippen LogP contribution in [0.3, 0.4) is 0 Å². The Kier molecular flexibility index (Phi) is 4.03. The Balaban J connectivity index is 2.02. The molecule has 1 unspecified atom stereocenters. The number of carbonyl (C=O) groups is 1. The van der Waals surface area contributed by atoms with E-state index in [1.54, 1.807) is 0 Å². The monoisotopic (exact) mass is 347 g/mol. The van der Waals surface area contributed by atoms with E-state index in [1.807, 2.05) is 18.2 Å². The highest BCUT2D eigenvalue weighted by Crippen LogP contribution is 2.47. The summed E-state index contributed by atoms with van der Waals surface area (Å²) in [6.45, 7) is 0. The van der Waals surface area contributed by atoms with Crippen LogP contribution >= 0.6 is 15.9 Å². The van der Waals surface area contributed by atoms with E-state index in [-0.39, 0.29) is 17.3 Å². The zero-order valence-electron chi connectivity index (χ0n) is 11.9. The Morgan fingerprint density at radius 3 is 2.81 bits per heavy atom. The molecule has 21 heavy (non-hydrogen) atoms. The highest BCUT2D eigenvalue weighted by molar-refractivity contribution is 9.10. The first-order valence-corrected chi connectivity index (χ1v) is 8.35. The van der Waals surface area contributed by atoms with Crippen molar-refractivity contribution in [2.24, 2.45) is 5.92 Å². The van der Waals surface area contributed by atoms with Crippen molar-refractivity contribution in [3.63, 3.8) is 0 Å². The van der Waals surface area contributed by atoms with Crippen LogP contribution < -0.4 is 4.74 Å². The van der Waals surface area contributed by atoms with Gasteiger partial charge in [-0.3, -0.25) is 4.79 Å². The molecule has 1 aromatic rings. The Morgan fingerprint density at radius 2 is 2.10 bits per heavy atom. The van der Waals surface area contributed by atoms with Gasteiger partial charge in [-0.15, -0.1) is 0 Å². The van der Waals surface area contributed by atoms with Gasteiger partial charge >= 0.3 is 0 Å². The van der Waals surface area contributed by atoms with Gasteiger partial charge in [0.2, 0.25) is 0 Å². The highest BCUT2D eigenvalue weighted by Gasteiger charge is 2.49. The first-order chi connectivity index (χ1) is 10.2. The van der Waals surface area contributed by atoms with Gasteiger partial charge in [0.1, 0.15) is 11.4 Å². The van der Waals surface area contributed by atoms with Crippen LogP contribution in [0.2, 0.25) is 0 Å². The fraction of sp³-hybridized carbons (Fsp3) is 0.529. The molecule has 3 rings (SSSR count).